The van der Waals surface area contributed by atoms with Crippen molar-refractivity contribution >= 4 is 39.2 Å². The highest BCUT2D eigenvalue weighted by atomic mass is 79.9. The van der Waals surface area contributed by atoms with Crippen LogP contribution in [0.1, 0.15) is 25.3 Å². The summed E-state index contributed by atoms with van der Waals surface area (Å²) < 4.78 is 6.66. The van der Waals surface area contributed by atoms with Crippen LogP contribution >= 0.6 is 27.3 Å². The first-order valence-electron chi connectivity index (χ1n) is 6.51. The zero-order valence-electron chi connectivity index (χ0n) is 11.0. The van der Waals surface area contributed by atoms with Crippen molar-refractivity contribution in [3.05, 3.63) is 26.9 Å². The van der Waals surface area contributed by atoms with Gasteiger partial charge >= 0.3 is 0 Å². The Hall–Kier alpha value is -0.650. The smallest absolute Gasteiger partial charge is 0.246 e. The van der Waals surface area contributed by atoms with Crippen molar-refractivity contribution in [2.45, 2.75) is 25.9 Å². The minimum Gasteiger partial charge on any atom is -0.378 e. The Bertz CT molecular complexity index is 450. The number of rotatable bonds is 4. The second-order valence-corrected chi connectivity index (χ2v) is 6.79. The Balaban J connectivity index is 1.83. The van der Waals surface area contributed by atoms with Gasteiger partial charge in [-0.05, 0) is 58.8 Å². The fourth-order valence-corrected chi connectivity index (χ4v) is 3.31. The van der Waals surface area contributed by atoms with Crippen LogP contribution in [0.3, 0.4) is 0 Å². The van der Waals surface area contributed by atoms with E-state index in [9.17, 15) is 4.79 Å². The summed E-state index contributed by atoms with van der Waals surface area (Å²) in [5.41, 5.74) is 1.06. The predicted octanol–water partition coefficient (Wildman–Crippen LogP) is 3.55. The third-order valence-electron chi connectivity index (χ3n) is 3.16. The minimum atomic E-state index is 0.0947. The first-order valence-corrected chi connectivity index (χ1v) is 8.19. The third kappa shape index (κ3) is 4.44. The fourth-order valence-electron chi connectivity index (χ4n) is 2.16. The maximum absolute atomic E-state index is 12.0. The standard InChI is InChI=1S/C14H18BrNO2S/c1-2-18-12-5-7-16(8-6-12)14(17)4-3-11-9-13(15)19-10-11/h3-4,9-10,12H,2,5-8H2,1H3/b4-3-. The van der Waals surface area contributed by atoms with E-state index in [1.165, 1.54) is 0 Å². The largest absolute Gasteiger partial charge is 0.378 e. The predicted molar refractivity (Wildman–Crippen MR) is 82.3 cm³/mol. The van der Waals surface area contributed by atoms with Crippen LogP contribution in [0.25, 0.3) is 6.08 Å². The molecule has 2 rings (SSSR count). The molecule has 1 aliphatic heterocycles. The highest BCUT2D eigenvalue weighted by molar-refractivity contribution is 9.11. The molecule has 1 aromatic heterocycles. The molecule has 5 heteroatoms. The van der Waals surface area contributed by atoms with Crippen molar-refractivity contribution in [3.63, 3.8) is 0 Å². The molecule has 104 valence electrons. The molecule has 1 aliphatic rings. The molecule has 19 heavy (non-hydrogen) atoms. The number of ether oxygens (including phenoxy) is 1. The van der Waals surface area contributed by atoms with Gasteiger partial charge in [0.15, 0.2) is 0 Å². The molecule has 0 aromatic carbocycles. The summed E-state index contributed by atoms with van der Waals surface area (Å²) in [6.45, 7) is 4.35. The summed E-state index contributed by atoms with van der Waals surface area (Å²) in [5, 5.41) is 2.02. The second kappa shape index (κ2) is 7.22. The lowest BCUT2D eigenvalue weighted by atomic mass is 10.1. The first kappa shape index (κ1) is 14.8. The fraction of sp³-hybridized carbons (Fsp3) is 0.500. The van der Waals surface area contributed by atoms with Crippen LogP contribution < -0.4 is 0 Å². The molecule has 1 fully saturated rings. The lowest BCUT2D eigenvalue weighted by Gasteiger charge is -2.31. The number of likely N-dealkylation sites (tertiary alicyclic amines) is 1. The second-order valence-electron chi connectivity index (χ2n) is 4.50. The van der Waals surface area contributed by atoms with E-state index in [0.717, 1.165) is 41.9 Å². The molecule has 2 heterocycles. The molecule has 1 saturated heterocycles. The topological polar surface area (TPSA) is 29.5 Å². The van der Waals surface area contributed by atoms with Crippen molar-refractivity contribution in [2.75, 3.05) is 19.7 Å². The van der Waals surface area contributed by atoms with Crippen LogP contribution in [0.15, 0.2) is 21.3 Å². The quantitative estimate of drug-likeness (QED) is 0.782. The van der Waals surface area contributed by atoms with Gasteiger partial charge in [-0.3, -0.25) is 4.79 Å². The van der Waals surface area contributed by atoms with Gasteiger partial charge in [-0.25, -0.2) is 0 Å². The highest BCUT2D eigenvalue weighted by Crippen LogP contribution is 2.21. The van der Waals surface area contributed by atoms with Crippen molar-refractivity contribution < 1.29 is 9.53 Å². The molecule has 0 spiro atoms. The Morgan fingerprint density at radius 1 is 1.58 bits per heavy atom. The van der Waals surface area contributed by atoms with Gasteiger partial charge in [0.05, 0.1) is 9.89 Å². The zero-order valence-corrected chi connectivity index (χ0v) is 13.4. The number of hydrogen-bond donors (Lipinski definition) is 0. The van der Waals surface area contributed by atoms with Gasteiger partial charge < -0.3 is 9.64 Å². The summed E-state index contributed by atoms with van der Waals surface area (Å²) in [6.07, 6.45) is 5.74. The normalized spacial score (nSPS) is 17.3. The minimum absolute atomic E-state index is 0.0947. The number of carbonyl (C=O) groups is 1. The molecule has 1 amide bonds. The molecule has 0 saturated carbocycles. The van der Waals surface area contributed by atoms with Crippen LogP contribution in [-0.4, -0.2) is 36.6 Å². The van der Waals surface area contributed by atoms with Gasteiger partial charge in [-0.2, -0.15) is 0 Å². The molecule has 0 bridgehead atoms. The Morgan fingerprint density at radius 2 is 2.32 bits per heavy atom. The summed E-state index contributed by atoms with van der Waals surface area (Å²) in [6, 6.07) is 2.01. The lowest BCUT2D eigenvalue weighted by Crippen LogP contribution is -2.40. The monoisotopic (exact) mass is 343 g/mol. The summed E-state index contributed by atoms with van der Waals surface area (Å²) in [4.78, 5) is 13.9. The van der Waals surface area contributed by atoms with E-state index in [1.807, 2.05) is 29.3 Å². The summed E-state index contributed by atoms with van der Waals surface area (Å²) >= 11 is 5.03. The van der Waals surface area contributed by atoms with E-state index in [4.69, 9.17) is 4.74 Å². The number of nitrogens with zero attached hydrogens (tertiary/aromatic N) is 1. The Kier molecular flexibility index (Phi) is 5.60. The average molecular weight is 344 g/mol. The molecule has 1 aromatic rings. The van der Waals surface area contributed by atoms with Crippen LogP contribution in [0, 0.1) is 0 Å². The van der Waals surface area contributed by atoms with E-state index in [2.05, 4.69) is 15.9 Å². The number of thiophene rings is 1. The highest BCUT2D eigenvalue weighted by Gasteiger charge is 2.21. The molecule has 0 atom stereocenters. The molecule has 0 aliphatic carbocycles. The van der Waals surface area contributed by atoms with Gasteiger partial charge in [0, 0.05) is 25.8 Å². The number of halogens is 1. The van der Waals surface area contributed by atoms with Gasteiger partial charge in [0.2, 0.25) is 5.91 Å². The van der Waals surface area contributed by atoms with Gasteiger partial charge in [-0.15, -0.1) is 11.3 Å². The number of piperidine rings is 1. The van der Waals surface area contributed by atoms with Gasteiger partial charge in [0.25, 0.3) is 0 Å². The number of hydrogen-bond acceptors (Lipinski definition) is 3. The molecule has 0 N–H and O–H groups in total. The Labute approximate surface area is 126 Å². The first-order chi connectivity index (χ1) is 9.19. The lowest BCUT2D eigenvalue weighted by molar-refractivity contribution is -0.128. The third-order valence-corrected chi connectivity index (χ3v) is 4.68. The van der Waals surface area contributed by atoms with E-state index < -0.39 is 0 Å². The average Bonchev–Trinajstić information content (AvgIpc) is 2.83. The van der Waals surface area contributed by atoms with Crippen LogP contribution in [0.4, 0.5) is 0 Å². The Morgan fingerprint density at radius 3 is 2.89 bits per heavy atom. The van der Waals surface area contributed by atoms with Crippen molar-refractivity contribution in [2.24, 2.45) is 0 Å². The number of carbonyl (C=O) groups excluding carboxylic acids is 1. The van der Waals surface area contributed by atoms with Crippen LogP contribution in [-0.2, 0) is 9.53 Å². The molecule has 3 nitrogen and oxygen atoms in total. The summed E-state index contributed by atoms with van der Waals surface area (Å²) in [7, 11) is 0. The van der Waals surface area contributed by atoms with Crippen LogP contribution in [0.5, 0.6) is 0 Å². The molecular formula is C14H18BrNO2S. The van der Waals surface area contributed by atoms with Gasteiger partial charge in [0.1, 0.15) is 0 Å². The maximum atomic E-state index is 12.0. The SMILES string of the molecule is CCOC1CCN(C(=O)/C=C\c2csc(Br)c2)CC1. The maximum Gasteiger partial charge on any atom is 0.246 e. The van der Waals surface area contributed by atoms with E-state index in [1.54, 1.807) is 17.4 Å². The van der Waals surface area contributed by atoms with E-state index in [0.29, 0.717) is 6.10 Å². The molecular weight excluding hydrogens is 326 g/mol. The summed E-state index contributed by atoms with van der Waals surface area (Å²) in [5.74, 6) is 0.0947. The van der Waals surface area contributed by atoms with E-state index in [-0.39, 0.29) is 5.91 Å². The van der Waals surface area contributed by atoms with Gasteiger partial charge in [-0.1, -0.05) is 0 Å². The molecule has 0 unspecified atom stereocenters. The van der Waals surface area contributed by atoms with Crippen LogP contribution in [0.2, 0.25) is 0 Å². The van der Waals surface area contributed by atoms with Crippen molar-refractivity contribution in [3.8, 4) is 0 Å². The number of amides is 1. The van der Waals surface area contributed by atoms with Crippen molar-refractivity contribution in [1.29, 1.82) is 0 Å². The van der Waals surface area contributed by atoms with Crippen molar-refractivity contribution in [1.82, 2.24) is 4.90 Å². The zero-order chi connectivity index (χ0) is 13.7. The molecule has 0 radical (unpaired) electrons. The van der Waals surface area contributed by atoms with E-state index >= 15 is 0 Å².